The fourth-order valence-corrected chi connectivity index (χ4v) is 2.55. The fraction of sp³-hybridized carbons (Fsp3) is 0.381. The minimum Gasteiger partial charge on any atom is -0.497 e. The van der Waals surface area contributed by atoms with Gasteiger partial charge in [0.2, 0.25) is 5.91 Å². The van der Waals surface area contributed by atoms with E-state index in [0.717, 1.165) is 5.56 Å². The SMILES string of the molecule is COc1ccc(OC)c(NC(=O)CCc2ccc(C(C)(C)C)cc2)c1. The molecule has 0 fully saturated rings. The summed E-state index contributed by atoms with van der Waals surface area (Å²) in [7, 11) is 3.17. The molecule has 0 spiro atoms. The Balaban J connectivity index is 1.97. The molecule has 4 heteroatoms. The number of methoxy groups -OCH3 is 2. The number of ether oxygens (including phenoxy) is 2. The van der Waals surface area contributed by atoms with Crippen LogP contribution >= 0.6 is 0 Å². The molecule has 0 heterocycles. The first kappa shape index (κ1) is 18.8. The van der Waals surface area contributed by atoms with Gasteiger partial charge in [-0.1, -0.05) is 45.0 Å². The lowest BCUT2D eigenvalue weighted by Gasteiger charge is -2.19. The van der Waals surface area contributed by atoms with Gasteiger partial charge in [0.05, 0.1) is 19.9 Å². The maximum Gasteiger partial charge on any atom is 0.224 e. The van der Waals surface area contributed by atoms with Crippen molar-refractivity contribution in [3.05, 3.63) is 53.6 Å². The smallest absolute Gasteiger partial charge is 0.224 e. The maximum atomic E-state index is 12.3. The summed E-state index contributed by atoms with van der Waals surface area (Å²) < 4.78 is 10.5. The van der Waals surface area contributed by atoms with E-state index in [4.69, 9.17) is 9.47 Å². The third-order valence-electron chi connectivity index (χ3n) is 4.14. The van der Waals surface area contributed by atoms with E-state index >= 15 is 0 Å². The molecule has 2 aromatic carbocycles. The molecule has 4 nitrogen and oxygen atoms in total. The third-order valence-corrected chi connectivity index (χ3v) is 4.14. The van der Waals surface area contributed by atoms with Crippen molar-refractivity contribution < 1.29 is 14.3 Å². The van der Waals surface area contributed by atoms with Crippen molar-refractivity contribution in [2.24, 2.45) is 0 Å². The summed E-state index contributed by atoms with van der Waals surface area (Å²) in [5, 5.41) is 2.90. The first-order chi connectivity index (χ1) is 11.8. The molecule has 134 valence electrons. The molecule has 0 aliphatic carbocycles. The number of aryl methyl sites for hydroxylation is 1. The molecule has 2 rings (SSSR count). The van der Waals surface area contributed by atoms with Crippen molar-refractivity contribution in [3.8, 4) is 11.5 Å². The number of hydrogen-bond donors (Lipinski definition) is 1. The first-order valence-electron chi connectivity index (χ1n) is 8.45. The van der Waals surface area contributed by atoms with Crippen molar-refractivity contribution in [1.82, 2.24) is 0 Å². The molecule has 25 heavy (non-hydrogen) atoms. The van der Waals surface area contributed by atoms with Crippen LogP contribution in [0.3, 0.4) is 0 Å². The van der Waals surface area contributed by atoms with Gasteiger partial charge in [-0.25, -0.2) is 0 Å². The van der Waals surface area contributed by atoms with Gasteiger partial charge < -0.3 is 14.8 Å². The van der Waals surface area contributed by atoms with Crippen molar-refractivity contribution >= 4 is 11.6 Å². The van der Waals surface area contributed by atoms with Crippen LogP contribution in [0.5, 0.6) is 11.5 Å². The second kappa shape index (κ2) is 8.06. The van der Waals surface area contributed by atoms with E-state index in [1.165, 1.54) is 5.56 Å². The topological polar surface area (TPSA) is 47.6 Å². The summed E-state index contributed by atoms with van der Waals surface area (Å²) in [5.74, 6) is 1.24. The van der Waals surface area contributed by atoms with E-state index in [9.17, 15) is 4.79 Å². The van der Waals surface area contributed by atoms with E-state index in [1.54, 1.807) is 32.4 Å². The van der Waals surface area contributed by atoms with Crippen LogP contribution in [0.25, 0.3) is 0 Å². The Morgan fingerprint density at radius 1 is 1.00 bits per heavy atom. The summed E-state index contributed by atoms with van der Waals surface area (Å²) in [6, 6.07) is 13.8. The Hall–Kier alpha value is -2.49. The Morgan fingerprint density at radius 3 is 2.24 bits per heavy atom. The minimum absolute atomic E-state index is 0.0496. The van der Waals surface area contributed by atoms with E-state index in [1.807, 2.05) is 0 Å². The average molecular weight is 341 g/mol. The minimum atomic E-state index is -0.0496. The Kier molecular flexibility index (Phi) is 6.07. The van der Waals surface area contributed by atoms with E-state index in [2.05, 4.69) is 50.4 Å². The average Bonchev–Trinajstić information content (AvgIpc) is 2.59. The van der Waals surface area contributed by atoms with Crippen LogP contribution < -0.4 is 14.8 Å². The lowest BCUT2D eigenvalue weighted by atomic mass is 9.86. The summed E-state index contributed by atoms with van der Waals surface area (Å²) in [6.07, 6.45) is 1.11. The molecule has 0 aromatic heterocycles. The summed E-state index contributed by atoms with van der Waals surface area (Å²) >= 11 is 0. The van der Waals surface area contributed by atoms with Gasteiger partial charge >= 0.3 is 0 Å². The van der Waals surface area contributed by atoms with Gasteiger partial charge in [-0.3, -0.25) is 4.79 Å². The molecule has 0 atom stereocenters. The molecule has 0 saturated carbocycles. The molecule has 1 N–H and O–H groups in total. The van der Waals surface area contributed by atoms with E-state index in [-0.39, 0.29) is 11.3 Å². The normalized spacial score (nSPS) is 11.1. The highest BCUT2D eigenvalue weighted by Crippen LogP contribution is 2.29. The molecule has 0 bridgehead atoms. The number of nitrogens with one attached hydrogen (secondary N) is 1. The molecule has 0 radical (unpaired) electrons. The van der Waals surface area contributed by atoms with Gasteiger partial charge in [0.1, 0.15) is 11.5 Å². The fourth-order valence-electron chi connectivity index (χ4n) is 2.55. The Bertz CT molecular complexity index is 715. The Morgan fingerprint density at radius 2 is 1.68 bits per heavy atom. The largest absolute Gasteiger partial charge is 0.497 e. The molecule has 2 aromatic rings. The van der Waals surface area contributed by atoms with Crippen LogP contribution in [0.2, 0.25) is 0 Å². The van der Waals surface area contributed by atoms with Crippen molar-refractivity contribution in [2.45, 2.75) is 39.0 Å². The van der Waals surface area contributed by atoms with Crippen molar-refractivity contribution in [3.63, 3.8) is 0 Å². The van der Waals surface area contributed by atoms with Crippen LogP contribution in [-0.2, 0) is 16.6 Å². The number of amides is 1. The second-order valence-corrected chi connectivity index (χ2v) is 7.06. The quantitative estimate of drug-likeness (QED) is 0.837. The van der Waals surface area contributed by atoms with Crippen LogP contribution in [0.15, 0.2) is 42.5 Å². The van der Waals surface area contributed by atoms with Gasteiger partial charge in [0.15, 0.2) is 0 Å². The zero-order valence-electron chi connectivity index (χ0n) is 15.7. The number of hydrogen-bond acceptors (Lipinski definition) is 3. The van der Waals surface area contributed by atoms with Crippen molar-refractivity contribution in [1.29, 1.82) is 0 Å². The predicted octanol–water partition coefficient (Wildman–Crippen LogP) is 4.57. The van der Waals surface area contributed by atoms with Crippen LogP contribution in [0, 0.1) is 0 Å². The van der Waals surface area contributed by atoms with E-state index < -0.39 is 0 Å². The zero-order valence-corrected chi connectivity index (χ0v) is 15.7. The van der Waals surface area contributed by atoms with Gasteiger partial charge in [0, 0.05) is 12.5 Å². The molecule has 1 amide bonds. The highest BCUT2D eigenvalue weighted by molar-refractivity contribution is 5.92. The monoisotopic (exact) mass is 341 g/mol. The molecular formula is C21H27NO3. The Labute approximate surface area is 150 Å². The van der Waals surface area contributed by atoms with E-state index in [0.29, 0.717) is 30.0 Å². The van der Waals surface area contributed by atoms with Gasteiger partial charge in [-0.05, 0) is 35.1 Å². The molecule has 0 saturated heterocycles. The number of carbonyl (C=O) groups excluding carboxylic acids is 1. The predicted molar refractivity (Wildman–Crippen MR) is 102 cm³/mol. The van der Waals surface area contributed by atoms with Crippen LogP contribution in [-0.4, -0.2) is 20.1 Å². The second-order valence-electron chi connectivity index (χ2n) is 7.06. The lowest BCUT2D eigenvalue weighted by molar-refractivity contribution is -0.116. The zero-order chi connectivity index (χ0) is 18.4. The first-order valence-corrected chi connectivity index (χ1v) is 8.45. The highest BCUT2D eigenvalue weighted by Gasteiger charge is 2.13. The molecule has 0 aliphatic rings. The number of carbonyl (C=O) groups is 1. The highest BCUT2D eigenvalue weighted by atomic mass is 16.5. The number of anilines is 1. The van der Waals surface area contributed by atoms with Crippen LogP contribution in [0.4, 0.5) is 5.69 Å². The maximum absolute atomic E-state index is 12.3. The van der Waals surface area contributed by atoms with Crippen LogP contribution in [0.1, 0.15) is 38.3 Å². The number of rotatable bonds is 6. The third kappa shape index (κ3) is 5.24. The summed E-state index contributed by atoms with van der Waals surface area (Å²) in [5.41, 5.74) is 3.20. The molecule has 0 unspecified atom stereocenters. The van der Waals surface area contributed by atoms with Gasteiger partial charge in [-0.15, -0.1) is 0 Å². The lowest BCUT2D eigenvalue weighted by Crippen LogP contribution is -2.13. The number of benzene rings is 2. The van der Waals surface area contributed by atoms with Crippen molar-refractivity contribution in [2.75, 3.05) is 19.5 Å². The summed E-state index contributed by atoms with van der Waals surface area (Å²) in [4.78, 5) is 12.3. The molecular weight excluding hydrogens is 314 g/mol. The molecule has 0 aliphatic heterocycles. The summed E-state index contributed by atoms with van der Waals surface area (Å²) in [6.45, 7) is 6.57. The standard InChI is InChI=1S/C21H27NO3/c1-21(2,3)16-9-6-15(7-10-16)8-13-20(23)22-18-14-17(24-4)11-12-19(18)25-5/h6-7,9-12,14H,8,13H2,1-5H3,(H,22,23). The van der Waals surface area contributed by atoms with Gasteiger partial charge in [0.25, 0.3) is 0 Å². The van der Waals surface area contributed by atoms with Gasteiger partial charge in [-0.2, -0.15) is 0 Å².